The monoisotopic (exact) mass is 326 g/mol. The smallest absolute Gasteiger partial charge is 0.116 e. The third-order valence-corrected chi connectivity index (χ3v) is 5.48. The highest BCUT2D eigenvalue weighted by atomic mass is 16.3. The molecule has 5 atom stereocenters. The quantitative estimate of drug-likeness (QED) is 0.755. The average molecular weight is 326 g/mol. The summed E-state index contributed by atoms with van der Waals surface area (Å²) in [5.74, 6) is 1.45. The SMILES string of the molecule is C=CC1CNCC(C)C1C(C)[C@@H](O)c1ccnc2ccc(O)cc12. The molecule has 3 N–H and O–H groups in total. The van der Waals surface area contributed by atoms with Crippen LogP contribution >= 0.6 is 0 Å². The van der Waals surface area contributed by atoms with Crippen molar-refractivity contribution in [2.45, 2.75) is 20.0 Å². The molecule has 0 amide bonds. The molecule has 1 aromatic carbocycles. The first-order chi connectivity index (χ1) is 11.5. The first kappa shape index (κ1) is 16.9. The van der Waals surface area contributed by atoms with E-state index in [4.69, 9.17) is 0 Å². The van der Waals surface area contributed by atoms with Crippen LogP contribution in [0.5, 0.6) is 5.75 Å². The summed E-state index contributed by atoms with van der Waals surface area (Å²) in [5, 5.41) is 25.2. The summed E-state index contributed by atoms with van der Waals surface area (Å²) in [4.78, 5) is 4.33. The van der Waals surface area contributed by atoms with Gasteiger partial charge >= 0.3 is 0 Å². The maximum atomic E-state index is 11.1. The number of phenolic OH excluding ortho intramolecular Hbond substituents is 1. The lowest BCUT2D eigenvalue weighted by Gasteiger charge is -2.41. The molecule has 4 unspecified atom stereocenters. The zero-order valence-corrected chi connectivity index (χ0v) is 14.3. The molecule has 1 aliphatic rings. The third kappa shape index (κ3) is 3.04. The van der Waals surface area contributed by atoms with Crippen molar-refractivity contribution in [1.82, 2.24) is 10.3 Å². The summed E-state index contributed by atoms with van der Waals surface area (Å²) in [6, 6.07) is 6.95. The molecular weight excluding hydrogens is 300 g/mol. The standard InChI is InChI=1S/C20H26N2O2/c1-4-14-11-21-10-12(2)19(14)13(3)20(24)16-7-8-22-18-6-5-15(23)9-17(16)18/h4-9,12-14,19-21,23-24H,1,10-11H2,2-3H3/t12?,13?,14?,19?,20-/m1/s1. The van der Waals surface area contributed by atoms with E-state index in [0.29, 0.717) is 17.8 Å². The maximum absolute atomic E-state index is 11.1. The second kappa shape index (κ2) is 6.91. The molecule has 0 aliphatic carbocycles. The molecule has 3 rings (SSSR count). The van der Waals surface area contributed by atoms with Crippen LogP contribution in [0.4, 0.5) is 0 Å². The molecule has 2 heterocycles. The van der Waals surface area contributed by atoms with Crippen molar-refractivity contribution in [3.05, 3.63) is 48.7 Å². The lowest BCUT2D eigenvalue weighted by atomic mass is 9.69. The largest absolute Gasteiger partial charge is 0.508 e. The summed E-state index contributed by atoms with van der Waals surface area (Å²) >= 11 is 0. The first-order valence-electron chi connectivity index (χ1n) is 8.62. The lowest BCUT2D eigenvalue weighted by Crippen LogP contribution is -2.45. The van der Waals surface area contributed by atoms with E-state index in [9.17, 15) is 10.2 Å². The van der Waals surface area contributed by atoms with Crippen LogP contribution in [0.25, 0.3) is 10.9 Å². The Morgan fingerprint density at radius 3 is 2.88 bits per heavy atom. The minimum Gasteiger partial charge on any atom is -0.508 e. The van der Waals surface area contributed by atoms with Crippen molar-refractivity contribution >= 4 is 10.9 Å². The summed E-state index contributed by atoms with van der Waals surface area (Å²) in [5.41, 5.74) is 1.62. The van der Waals surface area contributed by atoms with Gasteiger partial charge in [0, 0.05) is 18.1 Å². The number of aromatic hydroxyl groups is 1. The zero-order valence-electron chi connectivity index (χ0n) is 14.3. The van der Waals surface area contributed by atoms with E-state index in [0.717, 1.165) is 29.6 Å². The summed E-state index contributed by atoms with van der Waals surface area (Å²) in [7, 11) is 0. The number of hydrogen-bond donors (Lipinski definition) is 3. The van der Waals surface area contributed by atoms with Gasteiger partial charge in [-0.2, -0.15) is 0 Å². The maximum Gasteiger partial charge on any atom is 0.116 e. The van der Waals surface area contributed by atoms with Crippen molar-refractivity contribution in [3.63, 3.8) is 0 Å². The Hall–Kier alpha value is -1.91. The minimum absolute atomic E-state index is 0.0815. The van der Waals surface area contributed by atoms with E-state index >= 15 is 0 Å². The highest BCUT2D eigenvalue weighted by Crippen LogP contribution is 2.40. The van der Waals surface area contributed by atoms with Crippen LogP contribution in [-0.4, -0.2) is 28.3 Å². The third-order valence-electron chi connectivity index (χ3n) is 5.48. The topological polar surface area (TPSA) is 65.4 Å². The van der Waals surface area contributed by atoms with Gasteiger partial charge in [0.05, 0.1) is 11.6 Å². The van der Waals surface area contributed by atoms with Crippen LogP contribution in [0.1, 0.15) is 25.5 Å². The number of aliphatic hydroxyl groups excluding tert-OH is 1. The van der Waals surface area contributed by atoms with Gasteiger partial charge in [0.25, 0.3) is 0 Å². The summed E-state index contributed by atoms with van der Waals surface area (Å²) in [6.07, 6.45) is 3.12. The highest BCUT2D eigenvalue weighted by molar-refractivity contribution is 5.83. The number of phenols is 1. The Morgan fingerprint density at radius 1 is 1.33 bits per heavy atom. The van der Waals surface area contributed by atoms with E-state index in [-0.39, 0.29) is 11.7 Å². The normalized spacial score (nSPS) is 26.9. The molecule has 1 aliphatic heterocycles. The second-order valence-electron chi connectivity index (χ2n) is 7.02. The van der Waals surface area contributed by atoms with Gasteiger partial charge in [-0.05, 0) is 60.0 Å². The molecule has 24 heavy (non-hydrogen) atoms. The van der Waals surface area contributed by atoms with Gasteiger partial charge in [0.15, 0.2) is 0 Å². The van der Waals surface area contributed by atoms with Crippen LogP contribution < -0.4 is 5.32 Å². The van der Waals surface area contributed by atoms with Crippen LogP contribution in [-0.2, 0) is 0 Å². The Bertz CT molecular complexity index is 731. The molecule has 0 bridgehead atoms. The number of piperidine rings is 1. The number of aliphatic hydroxyl groups is 1. The Kier molecular flexibility index (Phi) is 4.88. The number of rotatable bonds is 4. The molecule has 1 saturated heterocycles. The van der Waals surface area contributed by atoms with E-state index in [1.165, 1.54) is 0 Å². The van der Waals surface area contributed by atoms with Gasteiger partial charge in [0.2, 0.25) is 0 Å². The van der Waals surface area contributed by atoms with Crippen molar-refractivity contribution in [3.8, 4) is 5.75 Å². The number of aromatic nitrogens is 1. The molecule has 0 radical (unpaired) electrons. The zero-order chi connectivity index (χ0) is 17.3. The molecule has 1 aromatic heterocycles. The van der Waals surface area contributed by atoms with Crippen molar-refractivity contribution in [2.75, 3.05) is 13.1 Å². The first-order valence-corrected chi connectivity index (χ1v) is 8.62. The van der Waals surface area contributed by atoms with Gasteiger partial charge in [-0.15, -0.1) is 6.58 Å². The second-order valence-corrected chi connectivity index (χ2v) is 7.02. The van der Waals surface area contributed by atoms with Gasteiger partial charge < -0.3 is 15.5 Å². The average Bonchev–Trinajstić information content (AvgIpc) is 2.59. The molecule has 4 heteroatoms. The summed E-state index contributed by atoms with van der Waals surface area (Å²) in [6.45, 7) is 10.2. The van der Waals surface area contributed by atoms with E-state index < -0.39 is 6.10 Å². The van der Waals surface area contributed by atoms with E-state index in [2.05, 4.69) is 30.7 Å². The van der Waals surface area contributed by atoms with Crippen LogP contribution in [0, 0.1) is 23.7 Å². The number of nitrogens with zero attached hydrogens (tertiary/aromatic N) is 1. The fourth-order valence-corrected chi connectivity index (χ4v) is 4.23. The van der Waals surface area contributed by atoms with Gasteiger partial charge in [0.1, 0.15) is 5.75 Å². The van der Waals surface area contributed by atoms with Crippen molar-refractivity contribution < 1.29 is 10.2 Å². The number of benzene rings is 1. The Balaban J connectivity index is 1.97. The predicted octanol–water partition coefficient (Wildman–Crippen LogP) is 3.27. The molecule has 0 spiro atoms. The van der Waals surface area contributed by atoms with E-state index in [1.807, 2.05) is 12.1 Å². The molecule has 0 saturated carbocycles. The number of pyridine rings is 1. The molecular formula is C20H26N2O2. The molecule has 4 nitrogen and oxygen atoms in total. The van der Waals surface area contributed by atoms with E-state index in [1.54, 1.807) is 24.4 Å². The van der Waals surface area contributed by atoms with Gasteiger partial charge in [-0.3, -0.25) is 4.98 Å². The van der Waals surface area contributed by atoms with Gasteiger partial charge in [-0.1, -0.05) is 19.9 Å². The van der Waals surface area contributed by atoms with Crippen LogP contribution in [0.3, 0.4) is 0 Å². The summed E-state index contributed by atoms with van der Waals surface area (Å²) < 4.78 is 0. The Morgan fingerprint density at radius 2 is 2.12 bits per heavy atom. The Labute approximate surface area is 143 Å². The molecule has 128 valence electrons. The molecule has 1 fully saturated rings. The highest BCUT2D eigenvalue weighted by Gasteiger charge is 2.36. The van der Waals surface area contributed by atoms with Crippen molar-refractivity contribution in [1.29, 1.82) is 0 Å². The van der Waals surface area contributed by atoms with Gasteiger partial charge in [-0.25, -0.2) is 0 Å². The van der Waals surface area contributed by atoms with Crippen molar-refractivity contribution in [2.24, 2.45) is 23.7 Å². The number of hydrogen-bond acceptors (Lipinski definition) is 4. The number of fused-ring (bicyclic) bond motifs is 1. The lowest BCUT2D eigenvalue weighted by molar-refractivity contribution is 0.0350. The number of nitrogens with one attached hydrogen (secondary N) is 1. The minimum atomic E-state index is -0.606. The molecule has 2 aromatic rings. The van der Waals surface area contributed by atoms with Crippen LogP contribution in [0.2, 0.25) is 0 Å². The predicted molar refractivity (Wildman–Crippen MR) is 96.7 cm³/mol. The van der Waals surface area contributed by atoms with Crippen LogP contribution in [0.15, 0.2) is 43.1 Å². The fourth-order valence-electron chi connectivity index (χ4n) is 4.23. The fraction of sp³-hybridized carbons (Fsp3) is 0.450.